The number of cyclic esters (lactones) is 1. The number of hydrogen-bond donors (Lipinski definition) is 4. The Kier molecular flexibility index (Phi) is 16.3. The number of carbonyl (C=O) groups is 4. The molecule has 1 unspecified atom stereocenters. The molecular weight excluding hydrogens is 678 g/mol. The highest BCUT2D eigenvalue weighted by atomic mass is 16.6. The average Bonchev–Trinajstić information content (AvgIpc) is 3.12. The monoisotopic (exact) mass is 745 g/mol. The molecule has 2 saturated heterocycles. The summed E-state index contributed by atoms with van der Waals surface area (Å²) < 4.78 is 12.2. The summed E-state index contributed by atoms with van der Waals surface area (Å²) >= 11 is 0. The number of aliphatic hydroxyl groups is 4. The molecule has 11 nitrogen and oxygen atoms in total. The maximum absolute atomic E-state index is 14.0. The largest absolute Gasteiger partial charge is 0.460 e. The highest BCUT2D eigenvalue weighted by Crippen LogP contribution is 2.37. The third-order valence-electron chi connectivity index (χ3n) is 12.4. The van der Waals surface area contributed by atoms with Crippen LogP contribution in [-0.4, -0.2) is 97.7 Å². The molecule has 3 aliphatic heterocycles. The molecule has 300 valence electrons. The zero-order chi connectivity index (χ0) is 38.9. The summed E-state index contributed by atoms with van der Waals surface area (Å²) in [5.74, 6) is -5.94. The van der Waals surface area contributed by atoms with Gasteiger partial charge in [0.15, 0.2) is 0 Å². The molecule has 0 aromatic heterocycles. The van der Waals surface area contributed by atoms with Crippen molar-refractivity contribution in [1.29, 1.82) is 0 Å². The van der Waals surface area contributed by atoms with E-state index in [-0.39, 0.29) is 61.9 Å². The molecule has 53 heavy (non-hydrogen) atoms. The molecule has 1 aliphatic carbocycles. The number of piperidine rings is 1. The number of allylic oxidation sites excluding steroid dienone is 3. The molecule has 3 fully saturated rings. The number of ether oxygens (including phenoxy) is 2. The molecule has 4 N–H and O–H groups in total. The molecule has 11 heteroatoms. The molecule has 0 aromatic rings. The summed E-state index contributed by atoms with van der Waals surface area (Å²) in [5.41, 5.74) is 0.753. The van der Waals surface area contributed by atoms with E-state index in [1.165, 1.54) is 4.90 Å². The van der Waals surface area contributed by atoms with Crippen LogP contribution in [0.1, 0.15) is 137 Å². The summed E-state index contributed by atoms with van der Waals surface area (Å²) in [6.07, 6.45) is 11.0. The second-order valence-corrected chi connectivity index (χ2v) is 17.0. The van der Waals surface area contributed by atoms with Gasteiger partial charge in [0.25, 0.3) is 11.7 Å². The number of amides is 1. The lowest BCUT2D eigenvalue weighted by Gasteiger charge is -2.42. The van der Waals surface area contributed by atoms with Crippen molar-refractivity contribution in [3.63, 3.8) is 0 Å². The zero-order valence-corrected chi connectivity index (χ0v) is 32.8. The van der Waals surface area contributed by atoms with Crippen LogP contribution in [0.2, 0.25) is 0 Å². The quantitative estimate of drug-likeness (QED) is 0.168. The Hall–Kier alpha value is -2.44. The molecule has 0 aromatic carbocycles. The molecule has 2 bridgehead atoms. The van der Waals surface area contributed by atoms with Crippen molar-refractivity contribution in [1.82, 2.24) is 4.90 Å². The fraction of sp³-hybridized carbons (Fsp3) is 0.810. The fourth-order valence-corrected chi connectivity index (χ4v) is 8.75. The summed E-state index contributed by atoms with van der Waals surface area (Å²) in [7, 11) is 0. The fourth-order valence-electron chi connectivity index (χ4n) is 8.75. The van der Waals surface area contributed by atoms with Crippen LogP contribution in [0.25, 0.3) is 0 Å². The first-order valence-corrected chi connectivity index (χ1v) is 20.4. The first-order valence-electron chi connectivity index (χ1n) is 20.4. The van der Waals surface area contributed by atoms with Gasteiger partial charge in [-0.1, -0.05) is 45.9 Å². The average molecular weight is 746 g/mol. The first-order chi connectivity index (χ1) is 25.1. The van der Waals surface area contributed by atoms with Crippen LogP contribution in [0.4, 0.5) is 0 Å². The van der Waals surface area contributed by atoms with Crippen molar-refractivity contribution in [3.8, 4) is 0 Å². The van der Waals surface area contributed by atoms with Crippen LogP contribution < -0.4 is 0 Å². The lowest BCUT2D eigenvalue weighted by molar-refractivity contribution is -0.265. The van der Waals surface area contributed by atoms with Crippen LogP contribution in [0, 0.1) is 29.6 Å². The lowest BCUT2D eigenvalue weighted by atomic mass is 9.79. The van der Waals surface area contributed by atoms with Crippen molar-refractivity contribution < 1.29 is 49.1 Å². The standard InChI is InChI=1S/C42H67NO10/c1-26-11-7-6-8-12-27(2)37(47)25-34-19-14-30(5)42(51,53-34)39(48)40(49)43-20-10-9-13-35(43)41(50)52-38(24-33(45)23-36(46)28(3)21-26)29(4)22-31-15-17-32(44)18-16-31/h7,11-12,26,28-35,37-38,44-45,47,51H,6,8-10,13-25H2,1-5H3/b11-7+,27-12+/t26-,28-,29-,30-,31?,32?,33+,34+,35+,37+,38?,42-/m1/s1. The molecular formula is C42H67NO10. The third kappa shape index (κ3) is 12.0. The molecule has 1 saturated carbocycles. The summed E-state index contributed by atoms with van der Waals surface area (Å²) in [6.45, 7) is 9.54. The Bertz CT molecular complexity index is 1310. The van der Waals surface area contributed by atoms with Crippen LogP contribution >= 0.6 is 0 Å². The van der Waals surface area contributed by atoms with E-state index in [1.54, 1.807) is 6.92 Å². The number of Topliss-reactive ketones (excluding diaryl/α,β-unsaturated/α-hetero) is 2. The van der Waals surface area contributed by atoms with Crippen LogP contribution in [0.15, 0.2) is 23.8 Å². The van der Waals surface area contributed by atoms with E-state index in [2.05, 4.69) is 19.1 Å². The Morgan fingerprint density at radius 1 is 0.887 bits per heavy atom. The number of nitrogens with zero attached hydrogens (tertiary/aromatic N) is 1. The van der Waals surface area contributed by atoms with E-state index in [9.17, 15) is 39.6 Å². The second kappa shape index (κ2) is 19.9. The number of carbonyl (C=O) groups excluding carboxylic acids is 4. The van der Waals surface area contributed by atoms with E-state index >= 15 is 0 Å². The summed E-state index contributed by atoms with van der Waals surface area (Å²) in [6, 6.07) is -1.06. The minimum atomic E-state index is -2.41. The van der Waals surface area contributed by atoms with Crippen molar-refractivity contribution >= 4 is 23.4 Å². The van der Waals surface area contributed by atoms with Gasteiger partial charge in [0.2, 0.25) is 5.79 Å². The van der Waals surface area contributed by atoms with Gasteiger partial charge in [-0.05, 0) is 114 Å². The Balaban J connectivity index is 1.60. The van der Waals surface area contributed by atoms with Crippen molar-refractivity contribution in [2.75, 3.05) is 6.54 Å². The second-order valence-electron chi connectivity index (χ2n) is 17.0. The van der Waals surface area contributed by atoms with E-state index < -0.39 is 59.8 Å². The lowest BCUT2D eigenvalue weighted by Crippen LogP contribution is -2.61. The van der Waals surface area contributed by atoms with E-state index in [1.807, 2.05) is 26.8 Å². The highest BCUT2D eigenvalue weighted by molar-refractivity contribution is 6.39. The number of aliphatic hydroxyl groups excluding tert-OH is 3. The van der Waals surface area contributed by atoms with Crippen LogP contribution in [-0.2, 0) is 28.7 Å². The van der Waals surface area contributed by atoms with E-state index in [0.29, 0.717) is 63.7 Å². The Labute approximate surface area is 316 Å². The van der Waals surface area contributed by atoms with Gasteiger partial charge in [-0.15, -0.1) is 0 Å². The maximum Gasteiger partial charge on any atom is 0.329 e. The minimum Gasteiger partial charge on any atom is -0.460 e. The van der Waals surface area contributed by atoms with E-state index in [0.717, 1.165) is 24.8 Å². The normalized spacial score (nSPS) is 40.5. The predicted molar refractivity (Wildman–Crippen MR) is 200 cm³/mol. The maximum atomic E-state index is 14.0. The third-order valence-corrected chi connectivity index (χ3v) is 12.4. The Morgan fingerprint density at radius 3 is 2.32 bits per heavy atom. The van der Waals surface area contributed by atoms with Gasteiger partial charge >= 0.3 is 5.97 Å². The number of esters is 1. The SMILES string of the molecule is C/C1=C\CC/C=C/[C@@H](C)C[C@@H](C)C(=O)C[C@H](O)CC([C@H](C)CC2CCC(O)CC2)OC(=O)[C@@H]2CCCCN2C(=O)C(=O)[C@]2(O)O[C@@H](CC[C@H]2C)C[C@@H]1O. The predicted octanol–water partition coefficient (Wildman–Crippen LogP) is 5.35. The molecule has 0 radical (unpaired) electrons. The van der Waals surface area contributed by atoms with Crippen LogP contribution in [0.3, 0.4) is 0 Å². The van der Waals surface area contributed by atoms with Gasteiger partial charge in [-0.2, -0.15) is 0 Å². The number of ketones is 2. The molecule has 3 heterocycles. The summed E-state index contributed by atoms with van der Waals surface area (Å²) in [5, 5.41) is 44.0. The smallest absolute Gasteiger partial charge is 0.329 e. The molecule has 1 amide bonds. The van der Waals surface area contributed by atoms with Gasteiger partial charge < -0.3 is 34.8 Å². The topological polar surface area (TPSA) is 171 Å². The highest BCUT2D eigenvalue weighted by Gasteiger charge is 2.53. The summed E-state index contributed by atoms with van der Waals surface area (Å²) in [4.78, 5) is 56.4. The molecule has 4 aliphatic rings. The van der Waals surface area contributed by atoms with Gasteiger partial charge in [0, 0.05) is 37.6 Å². The van der Waals surface area contributed by atoms with Gasteiger partial charge in [-0.25, -0.2) is 4.79 Å². The van der Waals surface area contributed by atoms with Crippen molar-refractivity contribution in [3.05, 3.63) is 23.8 Å². The Morgan fingerprint density at radius 2 is 1.60 bits per heavy atom. The van der Waals surface area contributed by atoms with Gasteiger partial charge in [0.1, 0.15) is 17.9 Å². The van der Waals surface area contributed by atoms with E-state index in [4.69, 9.17) is 9.47 Å². The molecule has 0 spiro atoms. The van der Waals surface area contributed by atoms with Crippen molar-refractivity contribution in [2.24, 2.45) is 29.6 Å². The first kappa shape index (κ1) is 43.3. The molecule has 10 atom stereocenters. The number of rotatable bonds is 3. The zero-order valence-electron chi connectivity index (χ0n) is 32.8. The van der Waals surface area contributed by atoms with Crippen LogP contribution in [0.5, 0.6) is 0 Å². The number of fused-ring (bicyclic) bond motifs is 3. The van der Waals surface area contributed by atoms with Crippen molar-refractivity contribution in [2.45, 2.75) is 180 Å². The minimum absolute atomic E-state index is 0.0566. The number of hydrogen-bond acceptors (Lipinski definition) is 10. The van der Waals surface area contributed by atoms with Gasteiger partial charge in [0.05, 0.1) is 24.4 Å². The molecule has 4 rings (SSSR count). The van der Waals surface area contributed by atoms with Gasteiger partial charge in [-0.3, -0.25) is 14.4 Å².